The Hall–Kier alpha value is -0.260. The number of amides is 1. The molecule has 0 spiro atoms. The number of thioether (sulfide) groups is 1. The molecule has 0 aromatic heterocycles. The van der Waals surface area contributed by atoms with Gasteiger partial charge >= 0.3 is 0 Å². The van der Waals surface area contributed by atoms with E-state index in [4.69, 9.17) is 5.73 Å². The average molecular weight is 273 g/mol. The van der Waals surface area contributed by atoms with Crippen LogP contribution in [0, 0.1) is 0 Å². The van der Waals surface area contributed by atoms with Gasteiger partial charge in [0.25, 0.3) is 0 Å². The van der Waals surface area contributed by atoms with E-state index in [9.17, 15) is 4.79 Å². The Kier molecular flexibility index (Phi) is 6.46. The zero-order valence-electron chi connectivity index (χ0n) is 12.1. The normalized spacial score (nSPS) is 26.9. The molecule has 106 valence electrons. The first-order chi connectivity index (χ1) is 8.47. The van der Waals surface area contributed by atoms with E-state index in [0.29, 0.717) is 12.1 Å². The molecule has 5 heteroatoms. The van der Waals surface area contributed by atoms with Gasteiger partial charge in [-0.15, -0.1) is 0 Å². The van der Waals surface area contributed by atoms with Crippen LogP contribution in [0.15, 0.2) is 0 Å². The van der Waals surface area contributed by atoms with Crippen LogP contribution in [0.1, 0.15) is 26.2 Å². The van der Waals surface area contributed by atoms with Crippen LogP contribution in [-0.4, -0.2) is 66.5 Å². The Bertz CT molecular complexity index is 275. The number of likely N-dealkylation sites (N-methyl/N-ethyl adjacent to an activating group) is 1. The summed E-state index contributed by atoms with van der Waals surface area (Å²) in [5.41, 5.74) is 5.96. The summed E-state index contributed by atoms with van der Waals surface area (Å²) in [7, 11) is 4.05. The van der Waals surface area contributed by atoms with Gasteiger partial charge in [-0.05, 0) is 45.2 Å². The zero-order chi connectivity index (χ0) is 13.7. The van der Waals surface area contributed by atoms with Crippen molar-refractivity contribution in [2.45, 2.75) is 44.3 Å². The van der Waals surface area contributed by atoms with Gasteiger partial charge in [0.05, 0.1) is 6.04 Å². The summed E-state index contributed by atoms with van der Waals surface area (Å²) >= 11 is 1.74. The lowest BCUT2D eigenvalue weighted by Crippen LogP contribution is -2.52. The molecule has 0 saturated carbocycles. The van der Waals surface area contributed by atoms with Crippen LogP contribution in [0.2, 0.25) is 0 Å². The number of piperidine rings is 1. The number of carbonyl (C=O) groups is 1. The van der Waals surface area contributed by atoms with E-state index < -0.39 is 0 Å². The molecule has 1 aliphatic rings. The lowest BCUT2D eigenvalue weighted by atomic mass is 9.97. The SMILES string of the molecule is CSCC[C@H](N)C(=O)N(C)[C@@H]1CCN(C)[C@H](C)C1. The Balaban J connectivity index is 2.48. The third-order valence-corrected chi connectivity index (χ3v) is 4.67. The molecule has 1 saturated heterocycles. The molecule has 1 amide bonds. The van der Waals surface area contributed by atoms with Gasteiger partial charge in [-0.2, -0.15) is 11.8 Å². The van der Waals surface area contributed by atoms with Gasteiger partial charge in [0.1, 0.15) is 0 Å². The van der Waals surface area contributed by atoms with Crippen molar-refractivity contribution in [1.82, 2.24) is 9.80 Å². The standard InChI is InChI=1S/C13H27N3OS/c1-10-9-11(5-7-15(10)2)16(3)13(17)12(14)6-8-18-4/h10-12H,5-9,14H2,1-4H3/t10-,11-,12+/m1/s1. The highest BCUT2D eigenvalue weighted by atomic mass is 32.2. The van der Waals surface area contributed by atoms with Gasteiger partial charge < -0.3 is 15.5 Å². The number of nitrogens with zero attached hydrogens (tertiary/aromatic N) is 2. The Morgan fingerprint density at radius 2 is 2.28 bits per heavy atom. The van der Waals surface area contributed by atoms with Crippen molar-refractivity contribution < 1.29 is 4.79 Å². The fourth-order valence-electron chi connectivity index (χ4n) is 2.43. The van der Waals surface area contributed by atoms with Gasteiger partial charge in [0.15, 0.2) is 0 Å². The van der Waals surface area contributed by atoms with E-state index in [1.54, 1.807) is 11.8 Å². The predicted octanol–water partition coefficient (Wildman–Crippen LogP) is 1.01. The van der Waals surface area contributed by atoms with Gasteiger partial charge in [-0.3, -0.25) is 4.79 Å². The van der Waals surface area contributed by atoms with Crippen molar-refractivity contribution in [3.63, 3.8) is 0 Å². The van der Waals surface area contributed by atoms with Crippen molar-refractivity contribution in [3.8, 4) is 0 Å². The second kappa shape index (κ2) is 7.36. The van der Waals surface area contributed by atoms with Crippen molar-refractivity contribution in [1.29, 1.82) is 0 Å². The van der Waals surface area contributed by atoms with E-state index in [-0.39, 0.29) is 11.9 Å². The molecule has 0 bridgehead atoms. The summed E-state index contributed by atoms with van der Waals surface area (Å²) in [4.78, 5) is 16.4. The van der Waals surface area contributed by atoms with Gasteiger partial charge in [-0.1, -0.05) is 0 Å². The monoisotopic (exact) mass is 273 g/mol. The predicted molar refractivity (Wildman–Crippen MR) is 78.9 cm³/mol. The molecule has 1 fully saturated rings. The van der Waals surface area contributed by atoms with Crippen LogP contribution in [0.3, 0.4) is 0 Å². The maximum Gasteiger partial charge on any atom is 0.239 e. The first-order valence-electron chi connectivity index (χ1n) is 6.68. The summed E-state index contributed by atoms with van der Waals surface area (Å²) in [6.07, 6.45) is 4.92. The number of carbonyl (C=O) groups excluding carboxylic acids is 1. The molecule has 1 heterocycles. The summed E-state index contributed by atoms with van der Waals surface area (Å²) in [5, 5.41) is 0. The van der Waals surface area contributed by atoms with Crippen LogP contribution >= 0.6 is 11.8 Å². The molecule has 18 heavy (non-hydrogen) atoms. The minimum atomic E-state index is -0.336. The maximum atomic E-state index is 12.2. The topological polar surface area (TPSA) is 49.6 Å². The molecule has 1 rings (SSSR count). The number of hydrogen-bond donors (Lipinski definition) is 1. The fourth-order valence-corrected chi connectivity index (χ4v) is 2.92. The molecule has 3 atom stereocenters. The van der Waals surface area contributed by atoms with Crippen LogP contribution in [0.25, 0.3) is 0 Å². The highest BCUT2D eigenvalue weighted by molar-refractivity contribution is 7.98. The number of hydrogen-bond acceptors (Lipinski definition) is 4. The average Bonchev–Trinajstić information content (AvgIpc) is 2.37. The van der Waals surface area contributed by atoms with Crippen LogP contribution in [0.4, 0.5) is 0 Å². The van der Waals surface area contributed by atoms with E-state index in [0.717, 1.165) is 31.6 Å². The second-order valence-corrected chi connectivity index (χ2v) is 6.33. The lowest BCUT2D eigenvalue weighted by Gasteiger charge is -2.40. The molecule has 0 radical (unpaired) electrons. The highest BCUT2D eigenvalue weighted by Gasteiger charge is 2.29. The van der Waals surface area contributed by atoms with Crippen molar-refractivity contribution in [2.75, 3.05) is 32.6 Å². The number of nitrogens with two attached hydrogens (primary N) is 1. The van der Waals surface area contributed by atoms with E-state index in [1.807, 2.05) is 18.2 Å². The number of rotatable bonds is 5. The number of likely N-dealkylation sites (tertiary alicyclic amines) is 1. The van der Waals surface area contributed by atoms with Gasteiger partial charge in [0.2, 0.25) is 5.91 Å². The van der Waals surface area contributed by atoms with Gasteiger partial charge in [0, 0.05) is 25.7 Å². The van der Waals surface area contributed by atoms with E-state index >= 15 is 0 Å². The van der Waals surface area contributed by atoms with Crippen molar-refractivity contribution in [2.24, 2.45) is 5.73 Å². The van der Waals surface area contributed by atoms with Crippen LogP contribution in [-0.2, 0) is 4.79 Å². The lowest BCUT2D eigenvalue weighted by molar-refractivity contribution is -0.134. The first-order valence-corrected chi connectivity index (χ1v) is 8.08. The molecular formula is C13H27N3OS. The molecule has 2 N–H and O–H groups in total. The van der Waals surface area contributed by atoms with Crippen molar-refractivity contribution >= 4 is 17.7 Å². The summed E-state index contributed by atoms with van der Waals surface area (Å²) < 4.78 is 0. The Morgan fingerprint density at radius 1 is 1.61 bits per heavy atom. The fraction of sp³-hybridized carbons (Fsp3) is 0.923. The van der Waals surface area contributed by atoms with E-state index in [2.05, 4.69) is 18.9 Å². The molecule has 0 aromatic rings. The zero-order valence-corrected chi connectivity index (χ0v) is 12.9. The molecule has 1 aliphatic heterocycles. The molecular weight excluding hydrogens is 246 g/mol. The van der Waals surface area contributed by atoms with Crippen LogP contribution in [0.5, 0.6) is 0 Å². The quantitative estimate of drug-likeness (QED) is 0.812. The van der Waals surface area contributed by atoms with Crippen molar-refractivity contribution in [3.05, 3.63) is 0 Å². The minimum absolute atomic E-state index is 0.103. The summed E-state index contributed by atoms with van der Waals surface area (Å²) in [5.74, 6) is 1.05. The minimum Gasteiger partial charge on any atom is -0.341 e. The van der Waals surface area contributed by atoms with Gasteiger partial charge in [-0.25, -0.2) is 0 Å². The molecule has 0 aromatic carbocycles. The smallest absolute Gasteiger partial charge is 0.239 e. The Labute approximate surface area is 115 Å². The second-order valence-electron chi connectivity index (χ2n) is 5.34. The molecule has 0 aliphatic carbocycles. The third-order valence-electron chi connectivity index (χ3n) is 4.03. The first kappa shape index (κ1) is 15.8. The summed E-state index contributed by atoms with van der Waals surface area (Å²) in [6.45, 7) is 3.28. The third kappa shape index (κ3) is 4.14. The summed E-state index contributed by atoms with van der Waals surface area (Å²) in [6, 6.07) is 0.558. The maximum absolute atomic E-state index is 12.2. The molecule has 4 nitrogen and oxygen atoms in total. The van der Waals surface area contributed by atoms with Crippen LogP contribution < -0.4 is 5.73 Å². The molecule has 0 unspecified atom stereocenters. The largest absolute Gasteiger partial charge is 0.341 e. The Morgan fingerprint density at radius 3 is 2.83 bits per heavy atom. The highest BCUT2D eigenvalue weighted by Crippen LogP contribution is 2.20. The van der Waals surface area contributed by atoms with E-state index in [1.165, 1.54) is 0 Å².